The topological polar surface area (TPSA) is 106 Å². The number of ether oxygens (including phenoxy) is 1. The van der Waals surface area contributed by atoms with E-state index in [1.54, 1.807) is 35.8 Å². The van der Waals surface area contributed by atoms with Crippen molar-refractivity contribution < 1.29 is 4.74 Å². The number of hydrogen-bond acceptors (Lipinski definition) is 9. The molecule has 4 aromatic rings. The SMILES string of the molecule is COc1nc(SC)nc2c1cnn2CCCn1ncc2c(=O)n(C)c(SC)nc21. The molecule has 0 spiro atoms. The zero-order valence-corrected chi connectivity index (χ0v) is 18.1. The molecule has 0 fully saturated rings. The number of aryl methyl sites for hydroxylation is 2. The molecule has 0 aliphatic carbocycles. The van der Waals surface area contributed by atoms with E-state index in [2.05, 4.69) is 25.1 Å². The first kappa shape index (κ1) is 19.7. The van der Waals surface area contributed by atoms with Crippen LogP contribution in [0.25, 0.3) is 22.1 Å². The summed E-state index contributed by atoms with van der Waals surface area (Å²) in [5, 5.41) is 11.4. The average Bonchev–Trinajstić information content (AvgIpc) is 3.34. The van der Waals surface area contributed by atoms with Gasteiger partial charge in [-0.25, -0.2) is 19.3 Å². The van der Waals surface area contributed by atoms with Gasteiger partial charge in [0, 0.05) is 20.1 Å². The van der Waals surface area contributed by atoms with Crippen LogP contribution in [-0.2, 0) is 20.1 Å². The van der Waals surface area contributed by atoms with Gasteiger partial charge in [-0.2, -0.15) is 15.2 Å². The summed E-state index contributed by atoms with van der Waals surface area (Å²) in [5.74, 6) is 0.522. The minimum absolute atomic E-state index is 0.0861. The lowest BCUT2D eigenvalue weighted by Crippen LogP contribution is -2.20. The molecule has 4 aromatic heterocycles. The van der Waals surface area contributed by atoms with E-state index in [0.29, 0.717) is 40.3 Å². The number of hydrogen-bond donors (Lipinski definition) is 0. The van der Waals surface area contributed by atoms with Crippen molar-refractivity contribution in [2.75, 3.05) is 19.6 Å². The molecule has 0 bridgehead atoms. The fourth-order valence-electron chi connectivity index (χ4n) is 3.12. The van der Waals surface area contributed by atoms with E-state index >= 15 is 0 Å². The summed E-state index contributed by atoms with van der Waals surface area (Å²) in [6.07, 6.45) is 7.87. The van der Waals surface area contributed by atoms with Gasteiger partial charge in [-0.15, -0.1) is 0 Å². The van der Waals surface area contributed by atoms with E-state index in [0.717, 1.165) is 17.5 Å². The predicted molar refractivity (Wildman–Crippen MR) is 113 cm³/mol. The second-order valence-corrected chi connectivity index (χ2v) is 7.79. The van der Waals surface area contributed by atoms with Gasteiger partial charge in [0.1, 0.15) is 10.8 Å². The van der Waals surface area contributed by atoms with Gasteiger partial charge in [-0.05, 0) is 18.9 Å². The summed E-state index contributed by atoms with van der Waals surface area (Å²) >= 11 is 2.89. The fourth-order valence-corrected chi connectivity index (χ4v) is 4.00. The zero-order chi connectivity index (χ0) is 20.5. The summed E-state index contributed by atoms with van der Waals surface area (Å²) in [5.41, 5.74) is 1.26. The van der Waals surface area contributed by atoms with Crippen LogP contribution in [-0.4, -0.2) is 58.7 Å². The Morgan fingerprint density at radius 1 is 0.966 bits per heavy atom. The van der Waals surface area contributed by atoms with Crippen LogP contribution in [0.1, 0.15) is 6.42 Å². The Hall–Kier alpha value is -2.60. The Balaban J connectivity index is 1.58. The van der Waals surface area contributed by atoms with Gasteiger partial charge >= 0.3 is 0 Å². The molecule has 0 saturated carbocycles. The van der Waals surface area contributed by atoms with Gasteiger partial charge < -0.3 is 4.74 Å². The first-order chi connectivity index (χ1) is 14.1. The molecule has 0 radical (unpaired) electrons. The molecule has 0 aliphatic heterocycles. The molecule has 0 aliphatic rings. The standard InChI is InChI=1S/C17H20N8O2S2/c1-23-15(26)11-9-19-25(13(11)21-17(23)29-4)7-5-6-24-12-10(8-18-24)14(27-2)22-16(20-12)28-3/h8-9H,5-7H2,1-4H3. The monoisotopic (exact) mass is 432 g/mol. The second kappa shape index (κ2) is 8.03. The Kier molecular flexibility index (Phi) is 5.46. The van der Waals surface area contributed by atoms with Crippen LogP contribution in [0.4, 0.5) is 0 Å². The van der Waals surface area contributed by atoms with Crippen molar-refractivity contribution in [2.45, 2.75) is 29.8 Å². The van der Waals surface area contributed by atoms with Crippen LogP contribution in [0, 0.1) is 0 Å². The molecule has 0 unspecified atom stereocenters. The number of rotatable bonds is 7. The van der Waals surface area contributed by atoms with E-state index in [1.807, 2.05) is 17.2 Å². The van der Waals surface area contributed by atoms with Crippen LogP contribution in [0.3, 0.4) is 0 Å². The second-order valence-electron chi connectivity index (χ2n) is 6.25. The third-order valence-corrected chi connectivity index (χ3v) is 5.85. The van der Waals surface area contributed by atoms with E-state index in [1.165, 1.54) is 23.5 Å². The van der Waals surface area contributed by atoms with Crippen molar-refractivity contribution in [3.05, 3.63) is 22.7 Å². The van der Waals surface area contributed by atoms with Gasteiger partial charge in [0.05, 0.1) is 19.5 Å². The third-order valence-electron chi connectivity index (χ3n) is 4.57. The lowest BCUT2D eigenvalue weighted by atomic mass is 10.4. The maximum Gasteiger partial charge on any atom is 0.265 e. The smallest absolute Gasteiger partial charge is 0.265 e. The Labute approximate surface area is 174 Å². The summed E-state index contributed by atoms with van der Waals surface area (Å²) in [6, 6.07) is 0. The van der Waals surface area contributed by atoms with Gasteiger partial charge in [0.2, 0.25) is 5.88 Å². The molecule has 152 valence electrons. The van der Waals surface area contributed by atoms with Crippen molar-refractivity contribution >= 4 is 45.6 Å². The first-order valence-corrected chi connectivity index (χ1v) is 11.3. The maximum atomic E-state index is 12.5. The lowest BCUT2D eigenvalue weighted by molar-refractivity contribution is 0.398. The predicted octanol–water partition coefficient (Wildman–Crippen LogP) is 1.81. The highest BCUT2D eigenvalue weighted by Gasteiger charge is 2.15. The number of thioether (sulfide) groups is 2. The molecule has 0 saturated heterocycles. The summed E-state index contributed by atoms with van der Waals surface area (Å²) < 4.78 is 10.5. The molecule has 0 N–H and O–H groups in total. The van der Waals surface area contributed by atoms with Crippen LogP contribution in [0.2, 0.25) is 0 Å². The Bertz CT molecular complexity index is 1250. The van der Waals surface area contributed by atoms with Crippen molar-refractivity contribution in [2.24, 2.45) is 7.05 Å². The van der Waals surface area contributed by atoms with Crippen LogP contribution < -0.4 is 10.3 Å². The van der Waals surface area contributed by atoms with Crippen LogP contribution in [0.5, 0.6) is 5.88 Å². The average molecular weight is 433 g/mol. The number of aromatic nitrogens is 8. The van der Waals surface area contributed by atoms with Crippen molar-refractivity contribution in [1.82, 2.24) is 39.1 Å². The van der Waals surface area contributed by atoms with E-state index in [9.17, 15) is 4.79 Å². The molecule has 29 heavy (non-hydrogen) atoms. The molecule has 4 heterocycles. The molecule has 10 nitrogen and oxygen atoms in total. The van der Waals surface area contributed by atoms with E-state index in [-0.39, 0.29) is 5.56 Å². The minimum atomic E-state index is -0.0861. The van der Waals surface area contributed by atoms with Gasteiger partial charge in [-0.3, -0.25) is 9.36 Å². The molecule has 12 heteroatoms. The number of methoxy groups -OCH3 is 1. The van der Waals surface area contributed by atoms with Gasteiger partial charge in [0.25, 0.3) is 5.56 Å². The first-order valence-electron chi connectivity index (χ1n) is 8.85. The highest BCUT2D eigenvalue weighted by molar-refractivity contribution is 7.98. The van der Waals surface area contributed by atoms with E-state index < -0.39 is 0 Å². The minimum Gasteiger partial charge on any atom is -0.480 e. The van der Waals surface area contributed by atoms with Gasteiger partial charge in [0.15, 0.2) is 21.6 Å². The molecule has 0 aromatic carbocycles. The summed E-state index contributed by atoms with van der Waals surface area (Å²) in [6.45, 7) is 1.25. The van der Waals surface area contributed by atoms with Crippen molar-refractivity contribution in [1.29, 1.82) is 0 Å². The summed E-state index contributed by atoms with van der Waals surface area (Å²) in [7, 11) is 3.31. The largest absolute Gasteiger partial charge is 0.480 e. The van der Waals surface area contributed by atoms with Crippen LogP contribution in [0.15, 0.2) is 27.5 Å². The maximum absolute atomic E-state index is 12.5. The summed E-state index contributed by atoms with van der Waals surface area (Å²) in [4.78, 5) is 26.0. The molecule has 0 amide bonds. The fraction of sp³-hybridized carbons (Fsp3) is 0.412. The molecular weight excluding hydrogens is 412 g/mol. The quantitative estimate of drug-likeness (QED) is 0.319. The number of fused-ring (bicyclic) bond motifs is 2. The van der Waals surface area contributed by atoms with E-state index in [4.69, 9.17) is 4.74 Å². The highest BCUT2D eigenvalue weighted by atomic mass is 32.2. The van der Waals surface area contributed by atoms with Crippen LogP contribution >= 0.6 is 23.5 Å². The molecule has 4 rings (SSSR count). The third kappa shape index (κ3) is 3.46. The number of nitrogens with zero attached hydrogens (tertiary/aromatic N) is 8. The van der Waals surface area contributed by atoms with Gasteiger partial charge in [-0.1, -0.05) is 23.5 Å². The Morgan fingerprint density at radius 3 is 2.24 bits per heavy atom. The highest BCUT2D eigenvalue weighted by Crippen LogP contribution is 2.25. The lowest BCUT2D eigenvalue weighted by Gasteiger charge is -2.08. The van der Waals surface area contributed by atoms with Crippen molar-refractivity contribution in [3.63, 3.8) is 0 Å². The Morgan fingerprint density at radius 2 is 1.62 bits per heavy atom. The zero-order valence-electron chi connectivity index (χ0n) is 16.5. The molecule has 0 atom stereocenters. The normalized spacial score (nSPS) is 11.6. The van der Waals surface area contributed by atoms with Crippen molar-refractivity contribution in [3.8, 4) is 5.88 Å². The molecular formula is C17H20N8O2S2.